The van der Waals surface area contributed by atoms with E-state index in [9.17, 15) is 9.59 Å². The van der Waals surface area contributed by atoms with Crippen LogP contribution in [0.1, 0.15) is 103 Å². The Labute approximate surface area is 234 Å². The molecule has 0 spiro atoms. The highest BCUT2D eigenvalue weighted by atomic mass is 16.2. The number of carbonyl (C=O) groups is 2. The van der Waals surface area contributed by atoms with Crippen molar-refractivity contribution in [3.8, 4) is 0 Å². The molecule has 0 bridgehead atoms. The van der Waals surface area contributed by atoms with Crippen LogP contribution < -0.4 is 16.0 Å². The Morgan fingerprint density at radius 1 is 1.03 bits per heavy atom. The van der Waals surface area contributed by atoms with Gasteiger partial charge >= 0.3 is 0 Å². The maximum Gasteiger partial charge on any atom is 0.237 e. The maximum absolute atomic E-state index is 13.0. The number of aromatic amines is 1. The average Bonchev–Trinajstić information content (AvgIpc) is 3.67. The maximum atomic E-state index is 13.0. The van der Waals surface area contributed by atoms with Gasteiger partial charge in [0.25, 0.3) is 0 Å². The van der Waals surface area contributed by atoms with Gasteiger partial charge in [0.2, 0.25) is 11.8 Å². The van der Waals surface area contributed by atoms with E-state index in [0.717, 1.165) is 42.2 Å². The van der Waals surface area contributed by atoms with Gasteiger partial charge in [-0.1, -0.05) is 26.7 Å². The summed E-state index contributed by atoms with van der Waals surface area (Å²) in [6.45, 7) is 6.50. The van der Waals surface area contributed by atoms with Crippen LogP contribution in [-0.2, 0) is 16.0 Å². The summed E-state index contributed by atoms with van der Waals surface area (Å²) in [5, 5.41) is 9.54. The minimum Gasteiger partial charge on any atom is -0.354 e. The fourth-order valence-electron chi connectivity index (χ4n) is 10.4. The highest BCUT2D eigenvalue weighted by molar-refractivity contribution is 5.82. The van der Waals surface area contributed by atoms with Crippen molar-refractivity contribution in [1.82, 2.24) is 25.9 Å². The Kier molecular flexibility index (Phi) is 7.82. The van der Waals surface area contributed by atoms with Crippen LogP contribution in [0, 0.1) is 40.4 Å². The smallest absolute Gasteiger partial charge is 0.237 e. The molecule has 5 fully saturated rings. The third kappa shape index (κ3) is 5.29. The summed E-state index contributed by atoms with van der Waals surface area (Å²) in [6.07, 6.45) is 20.8. The van der Waals surface area contributed by atoms with Gasteiger partial charge in [-0.2, -0.15) is 0 Å². The lowest BCUT2D eigenvalue weighted by Gasteiger charge is -2.60. The minimum atomic E-state index is -0.233. The summed E-state index contributed by atoms with van der Waals surface area (Å²) < 4.78 is 0. The first-order chi connectivity index (χ1) is 18.9. The fourth-order valence-corrected chi connectivity index (χ4v) is 10.4. The standard InChI is InChI=1S/C32H51N5O2/c1-31-14-4-3-5-21(31)6-9-25-26-10-7-22(32(26,2)15-12-27(25)31)8-11-29(38)37-24-17-28(35-19-24)30(39)34-16-13-23-18-33-20-36-23/h18,20-22,24-28,35H,3-17,19H2,1-2H3,(H,33,36)(H,34,39)(H,37,38)/t21?,22?,24-,25?,26?,27?,28-,31-,32+/m0/s1. The lowest BCUT2D eigenvalue weighted by Crippen LogP contribution is -2.52. The van der Waals surface area contributed by atoms with Crippen LogP contribution in [0.25, 0.3) is 0 Å². The molecule has 2 heterocycles. The first-order valence-electron chi connectivity index (χ1n) is 16.1. The third-order valence-electron chi connectivity index (χ3n) is 12.6. The number of H-pyrrole nitrogens is 1. The first kappa shape index (κ1) is 27.3. The van der Waals surface area contributed by atoms with Gasteiger partial charge in [0.05, 0.1) is 12.4 Å². The second-order valence-electron chi connectivity index (χ2n) is 14.3. The second kappa shape index (κ2) is 11.2. The first-order valence-corrected chi connectivity index (χ1v) is 16.1. The normalized spacial score (nSPS) is 41.3. The van der Waals surface area contributed by atoms with Gasteiger partial charge in [-0.3, -0.25) is 9.59 Å². The number of hydrogen-bond acceptors (Lipinski definition) is 4. The molecule has 2 amide bonds. The Hall–Kier alpha value is -1.89. The monoisotopic (exact) mass is 537 g/mol. The molecule has 4 N–H and O–H groups in total. The van der Waals surface area contributed by atoms with Crippen molar-refractivity contribution in [1.29, 1.82) is 0 Å². The topological polar surface area (TPSA) is 98.9 Å². The van der Waals surface area contributed by atoms with Crippen molar-refractivity contribution < 1.29 is 9.59 Å². The molecule has 6 rings (SSSR count). The van der Waals surface area contributed by atoms with E-state index in [1.54, 1.807) is 12.5 Å². The summed E-state index contributed by atoms with van der Waals surface area (Å²) in [6, 6.07) is -0.197. The number of amides is 2. The molecule has 0 radical (unpaired) electrons. The van der Waals surface area contributed by atoms with Crippen LogP contribution in [0.5, 0.6) is 0 Å². The van der Waals surface area contributed by atoms with Crippen molar-refractivity contribution in [2.24, 2.45) is 40.4 Å². The molecule has 0 aromatic carbocycles. The molecule has 216 valence electrons. The molecule has 7 nitrogen and oxygen atoms in total. The van der Waals surface area contributed by atoms with Gasteiger partial charge in [0.1, 0.15) is 0 Å². The number of hydrogen-bond donors (Lipinski definition) is 4. The van der Waals surface area contributed by atoms with Crippen LogP contribution in [0.15, 0.2) is 12.5 Å². The van der Waals surface area contributed by atoms with Gasteiger partial charge < -0.3 is 20.9 Å². The molecular formula is C32H51N5O2. The lowest BCUT2D eigenvalue weighted by atomic mass is 9.45. The minimum absolute atomic E-state index is 0.0166. The predicted molar refractivity (Wildman–Crippen MR) is 153 cm³/mol. The molecule has 5 unspecified atom stereocenters. The van der Waals surface area contributed by atoms with Crippen LogP contribution >= 0.6 is 0 Å². The van der Waals surface area contributed by atoms with Crippen LogP contribution in [0.4, 0.5) is 0 Å². The van der Waals surface area contributed by atoms with E-state index >= 15 is 0 Å². The zero-order valence-corrected chi connectivity index (χ0v) is 24.3. The Morgan fingerprint density at radius 2 is 1.90 bits per heavy atom. The van der Waals surface area contributed by atoms with Gasteiger partial charge in [-0.25, -0.2) is 4.98 Å². The van der Waals surface area contributed by atoms with E-state index in [1.807, 2.05) is 0 Å². The highest BCUT2D eigenvalue weighted by Crippen LogP contribution is 2.67. The Bertz CT molecular complexity index is 1010. The van der Waals surface area contributed by atoms with E-state index in [2.05, 4.69) is 39.8 Å². The molecule has 7 heteroatoms. The summed E-state index contributed by atoms with van der Waals surface area (Å²) in [5.41, 5.74) is 2.04. The number of carbonyl (C=O) groups excluding carboxylic acids is 2. The van der Waals surface area contributed by atoms with E-state index in [0.29, 0.717) is 42.7 Å². The number of fused-ring (bicyclic) bond motifs is 5. The van der Waals surface area contributed by atoms with Crippen LogP contribution in [-0.4, -0.2) is 47.0 Å². The zero-order valence-electron chi connectivity index (χ0n) is 24.3. The van der Waals surface area contributed by atoms with Crippen molar-refractivity contribution in [3.05, 3.63) is 18.2 Å². The molecule has 1 aliphatic heterocycles. The summed E-state index contributed by atoms with van der Waals surface area (Å²) >= 11 is 0. The molecule has 4 aliphatic carbocycles. The number of rotatable bonds is 8. The largest absolute Gasteiger partial charge is 0.354 e. The average molecular weight is 538 g/mol. The van der Waals surface area contributed by atoms with Crippen LogP contribution in [0.2, 0.25) is 0 Å². The quantitative estimate of drug-likeness (QED) is 0.385. The van der Waals surface area contributed by atoms with Gasteiger partial charge in [-0.05, 0) is 105 Å². The van der Waals surface area contributed by atoms with E-state index in [1.165, 1.54) is 64.2 Å². The Morgan fingerprint density at radius 3 is 2.74 bits per heavy atom. The number of nitrogens with zero attached hydrogens (tertiary/aromatic N) is 1. The van der Waals surface area contributed by atoms with E-state index < -0.39 is 0 Å². The number of nitrogens with one attached hydrogen (secondary N) is 4. The molecule has 1 saturated heterocycles. The van der Waals surface area contributed by atoms with E-state index in [-0.39, 0.29) is 23.9 Å². The van der Waals surface area contributed by atoms with Crippen molar-refractivity contribution in [2.75, 3.05) is 13.1 Å². The van der Waals surface area contributed by atoms with Gasteiger partial charge in [0.15, 0.2) is 0 Å². The molecule has 5 aliphatic rings. The summed E-state index contributed by atoms with van der Waals surface area (Å²) in [7, 11) is 0. The molecule has 9 atom stereocenters. The highest BCUT2D eigenvalue weighted by Gasteiger charge is 2.59. The third-order valence-corrected chi connectivity index (χ3v) is 12.6. The second-order valence-corrected chi connectivity index (χ2v) is 14.3. The van der Waals surface area contributed by atoms with E-state index in [4.69, 9.17) is 0 Å². The fraction of sp³-hybridized carbons (Fsp3) is 0.844. The zero-order chi connectivity index (χ0) is 27.0. The van der Waals surface area contributed by atoms with Gasteiger partial charge in [-0.15, -0.1) is 0 Å². The number of aromatic nitrogens is 2. The summed E-state index contributed by atoms with van der Waals surface area (Å²) in [4.78, 5) is 32.6. The SMILES string of the molecule is C[C@]12CCCCC1CCC1C2CC[C@]2(C)C(CCC(=O)N[C@@H]3CN[C@H](C(=O)NCCc4cnc[nH]4)C3)CCC12. The van der Waals surface area contributed by atoms with Crippen molar-refractivity contribution >= 4 is 11.8 Å². The molecule has 1 aromatic heterocycles. The molecule has 4 saturated carbocycles. The molecule has 39 heavy (non-hydrogen) atoms. The lowest BCUT2D eigenvalue weighted by molar-refractivity contribution is -0.124. The van der Waals surface area contributed by atoms with Crippen molar-refractivity contribution in [2.45, 2.75) is 116 Å². The van der Waals surface area contributed by atoms with Crippen LogP contribution in [0.3, 0.4) is 0 Å². The summed E-state index contributed by atoms with van der Waals surface area (Å²) in [5.74, 6) is 4.59. The van der Waals surface area contributed by atoms with Gasteiger partial charge in [0, 0.05) is 43.9 Å². The number of imidazole rings is 1. The predicted octanol–water partition coefficient (Wildman–Crippen LogP) is 4.74. The molecular weight excluding hydrogens is 486 g/mol. The van der Waals surface area contributed by atoms with Crippen molar-refractivity contribution in [3.63, 3.8) is 0 Å². The Balaban J connectivity index is 0.954. The molecule has 1 aromatic rings.